The van der Waals surface area contributed by atoms with Crippen molar-refractivity contribution in [3.05, 3.63) is 47.9 Å². The third-order valence-corrected chi connectivity index (χ3v) is 2.11. The Balaban J connectivity index is 2.73. The van der Waals surface area contributed by atoms with Gasteiger partial charge >= 0.3 is 5.97 Å². The molecule has 0 unspecified atom stereocenters. The molecule has 0 fully saturated rings. The highest BCUT2D eigenvalue weighted by atomic mass is 16.5. The first kappa shape index (κ1) is 14.8. The number of carbonyl (C=O) groups excluding carboxylic acids is 2. The maximum Gasteiger partial charge on any atom is 0.336 e. The number of hydrogen-bond acceptors (Lipinski definition) is 4. The summed E-state index contributed by atoms with van der Waals surface area (Å²) in [6.07, 6.45) is 1.12. The third-order valence-electron chi connectivity index (χ3n) is 2.11. The van der Waals surface area contributed by atoms with Gasteiger partial charge in [-0.15, -0.1) is 0 Å². The van der Waals surface area contributed by atoms with E-state index in [1.54, 1.807) is 38.1 Å². The first-order chi connectivity index (χ1) is 9.17. The molecular weight excluding hydrogens is 246 g/mol. The van der Waals surface area contributed by atoms with E-state index in [-0.39, 0.29) is 18.4 Å². The van der Waals surface area contributed by atoms with Crippen molar-refractivity contribution in [3.63, 3.8) is 0 Å². The van der Waals surface area contributed by atoms with Crippen LogP contribution >= 0.6 is 0 Å². The minimum atomic E-state index is -0.556. The van der Waals surface area contributed by atoms with Crippen LogP contribution in [0, 0.1) is 0 Å². The number of benzene rings is 1. The zero-order valence-electron chi connectivity index (χ0n) is 11.0. The Kier molecular flexibility index (Phi) is 6.15. The zero-order valence-corrected chi connectivity index (χ0v) is 11.0. The monoisotopic (exact) mass is 263 g/mol. The van der Waals surface area contributed by atoms with Gasteiger partial charge in [0.2, 0.25) is 5.88 Å². The van der Waals surface area contributed by atoms with Crippen molar-refractivity contribution in [1.82, 2.24) is 5.32 Å². The molecule has 1 rings (SSSR count). The molecule has 5 heteroatoms. The standard InChI is InChI=1S/C14H17NO4/c1-3-18-12(10-13(16)19-4-2)15-14(17)11-8-6-5-7-9-11/h5-10H,3-4H2,1-2H3,(H,15,17). The topological polar surface area (TPSA) is 64.6 Å². The van der Waals surface area contributed by atoms with Gasteiger partial charge in [0.25, 0.3) is 5.91 Å². The van der Waals surface area contributed by atoms with Crippen LogP contribution in [-0.4, -0.2) is 25.1 Å². The molecule has 0 radical (unpaired) electrons. The van der Waals surface area contributed by atoms with E-state index in [1.165, 1.54) is 0 Å². The van der Waals surface area contributed by atoms with Gasteiger partial charge in [0, 0.05) is 5.56 Å². The Morgan fingerprint density at radius 1 is 1.11 bits per heavy atom. The Morgan fingerprint density at radius 2 is 1.74 bits per heavy atom. The van der Waals surface area contributed by atoms with Crippen molar-refractivity contribution in [2.75, 3.05) is 13.2 Å². The van der Waals surface area contributed by atoms with Gasteiger partial charge < -0.3 is 9.47 Å². The lowest BCUT2D eigenvalue weighted by Gasteiger charge is -2.10. The molecule has 19 heavy (non-hydrogen) atoms. The summed E-state index contributed by atoms with van der Waals surface area (Å²) in [6, 6.07) is 8.66. The molecule has 0 bridgehead atoms. The number of rotatable bonds is 6. The quantitative estimate of drug-likeness (QED) is 0.483. The lowest BCUT2D eigenvalue weighted by molar-refractivity contribution is -0.137. The number of hydrogen-bond donors (Lipinski definition) is 1. The summed E-state index contributed by atoms with van der Waals surface area (Å²) in [5, 5.41) is 2.52. The average Bonchev–Trinajstić information content (AvgIpc) is 2.40. The van der Waals surface area contributed by atoms with E-state index >= 15 is 0 Å². The van der Waals surface area contributed by atoms with Crippen molar-refractivity contribution in [1.29, 1.82) is 0 Å². The smallest absolute Gasteiger partial charge is 0.336 e. The minimum absolute atomic E-state index is 0.0785. The SMILES string of the molecule is CCOC(=O)C=C(NC(=O)c1ccccc1)OCC. The van der Waals surface area contributed by atoms with Gasteiger partial charge in [0.05, 0.1) is 19.3 Å². The number of ether oxygens (including phenoxy) is 2. The Bertz CT molecular complexity index is 454. The summed E-state index contributed by atoms with van der Waals surface area (Å²) in [5.74, 6) is -0.821. The second-order valence-corrected chi connectivity index (χ2v) is 3.51. The highest BCUT2D eigenvalue weighted by Crippen LogP contribution is 2.01. The van der Waals surface area contributed by atoms with Crippen LogP contribution in [0.4, 0.5) is 0 Å². The molecule has 5 nitrogen and oxygen atoms in total. The van der Waals surface area contributed by atoms with Gasteiger partial charge in [-0.05, 0) is 26.0 Å². The fraction of sp³-hybridized carbons (Fsp3) is 0.286. The van der Waals surface area contributed by atoms with E-state index in [0.29, 0.717) is 12.2 Å². The molecule has 0 aliphatic carbocycles. The maximum atomic E-state index is 11.9. The first-order valence-corrected chi connectivity index (χ1v) is 6.05. The van der Waals surface area contributed by atoms with Crippen molar-refractivity contribution < 1.29 is 19.1 Å². The van der Waals surface area contributed by atoms with E-state index in [0.717, 1.165) is 6.08 Å². The number of amides is 1. The van der Waals surface area contributed by atoms with E-state index in [2.05, 4.69) is 5.32 Å². The summed E-state index contributed by atoms with van der Waals surface area (Å²) in [6.45, 7) is 4.06. The molecule has 0 saturated heterocycles. The summed E-state index contributed by atoms with van der Waals surface area (Å²) in [4.78, 5) is 23.2. The highest BCUT2D eigenvalue weighted by Gasteiger charge is 2.10. The summed E-state index contributed by atoms with van der Waals surface area (Å²) < 4.78 is 9.94. The normalized spacial score (nSPS) is 10.7. The van der Waals surface area contributed by atoms with Gasteiger partial charge in [-0.3, -0.25) is 10.1 Å². The second kappa shape index (κ2) is 7.92. The van der Waals surface area contributed by atoms with Crippen LogP contribution in [0.3, 0.4) is 0 Å². The minimum Gasteiger partial charge on any atom is -0.479 e. The summed E-state index contributed by atoms with van der Waals surface area (Å²) >= 11 is 0. The maximum absolute atomic E-state index is 11.9. The van der Waals surface area contributed by atoms with Crippen LogP contribution in [0.5, 0.6) is 0 Å². The predicted molar refractivity (Wildman–Crippen MR) is 70.3 cm³/mol. The van der Waals surface area contributed by atoms with Crippen molar-refractivity contribution in [2.45, 2.75) is 13.8 Å². The molecule has 1 aromatic rings. The number of esters is 1. The molecule has 0 aliphatic heterocycles. The summed E-state index contributed by atoms with van der Waals surface area (Å²) in [5.41, 5.74) is 0.483. The number of nitrogens with one attached hydrogen (secondary N) is 1. The van der Waals surface area contributed by atoms with Crippen LogP contribution in [0.25, 0.3) is 0 Å². The largest absolute Gasteiger partial charge is 0.479 e. The zero-order chi connectivity index (χ0) is 14.1. The molecule has 0 atom stereocenters. The number of carbonyl (C=O) groups is 2. The van der Waals surface area contributed by atoms with E-state index in [4.69, 9.17) is 9.47 Å². The van der Waals surface area contributed by atoms with Gasteiger partial charge in [-0.2, -0.15) is 0 Å². The van der Waals surface area contributed by atoms with E-state index < -0.39 is 5.97 Å². The molecule has 0 spiro atoms. The molecule has 1 amide bonds. The second-order valence-electron chi connectivity index (χ2n) is 3.51. The molecule has 1 aromatic carbocycles. The van der Waals surface area contributed by atoms with Crippen LogP contribution < -0.4 is 5.32 Å². The molecule has 1 N–H and O–H groups in total. The lowest BCUT2D eigenvalue weighted by atomic mass is 10.2. The van der Waals surface area contributed by atoms with Gasteiger partial charge in [0.1, 0.15) is 0 Å². The van der Waals surface area contributed by atoms with Gasteiger partial charge in [0.15, 0.2) is 0 Å². The van der Waals surface area contributed by atoms with Crippen molar-refractivity contribution in [2.24, 2.45) is 0 Å². The molecule has 0 aliphatic rings. The Labute approximate surface area is 112 Å². The molecule has 0 aromatic heterocycles. The van der Waals surface area contributed by atoms with Crippen LogP contribution in [0.15, 0.2) is 42.3 Å². The van der Waals surface area contributed by atoms with E-state index in [1.807, 2.05) is 6.07 Å². The fourth-order valence-electron chi connectivity index (χ4n) is 1.33. The van der Waals surface area contributed by atoms with Crippen molar-refractivity contribution in [3.8, 4) is 0 Å². The van der Waals surface area contributed by atoms with Gasteiger partial charge in [-0.1, -0.05) is 18.2 Å². The fourth-order valence-corrected chi connectivity index (χ4v) is 1.33. The van der Waals surface area contributed by atoms with Gasteiger partial charge in [-0.25, -0.2) is 4.79 Å². The lowest BCUT2D eigenvalue weighted by Crippen LogP contribution is -2.25. The molecule has 102 valence electrons. The van der Waals surface area contributed by atoms with Crippen LogP contribution in [-0.2, 0) is 14.3 Å². The van der Waals surface area contributed by atoms with Crippen molar-refractivity contribution >= 4 is 11.9 Å². The first-order valence-electron chi connectivity index (χ1n) is 6.05. The highest BCUT2D eigenvalue weighted by molar-refractivity contribution is 5.95. The summed E-state index contributed by atoms with van der Waals surface area (Å²) in [7, 11) is 0. The van der Waals surface area contributed by atoms with Crippen LogP contribution in [0.1, 0.15) is 24.2 Å². The van der Waals surface area contributed by atoms with Crippen LogP contribution in [0.2, 0.25) is 0 Å². The molecule has 0 heterocycles. The van der Waals surface area contributed by atoms with E-state index in [9.17, 15) is 9.59 Å². The Hall–Kier alpha value is -2.30. The Morgan fingerprint density at radius 3 is 2.32 bits per heavy atom. The molecular formula is C14H17NO4. The predicted octanol–water partition coefficient (Wildman–Crippen LogP) is 1.86. The average molecular weight is 263 g/mol. The molecule has 0 saturated carbocycles. The third kappa shape index (κ3) is 5.25.